The summed E-state index contributed by atoms with van der Waals surface area (Å²) in [6, 6.07) is 6.95. The summed E-state index contributed by atoms with van der Waals surface area (Å²) in [5.41, 5.74) is 1.02. The predicted octanol–water partition coefficient (Wildman–Crippen LogP) is 4.07. The van der Waals surface area contributed by atoms with E-state index in [9.17, 15) is 4.79 Å². The van der Waals surface area contributed by atoms with Gasteiger partial charge in [0, 0.05) is 19.2 Å². The van der Waals surface area contributed by atoms with Gasteiger partial charge in [-0.3, -0.25) is 4.79 Å². The second-order valence-corrected chi connectivity index (χ2v) is 6.20. The fourth-order valence-corrected chi connectivity index (χ4v) is 2.91. The number of likely N-dealkylation sites (tertiary alicyclic amines) is 1. The third kappa shape index (κ3) is 3.57. The van der Waals surface area contributed by atoms with Gasteiger partial charge in [0.2, 0.25) is 0 Å². The van der Waals surface area contributed by atoms with Crippen LogP contribution in [-0.4, -0.2) is 33.9 Å². The molecule has 1 aliphatic heterocycles. The first-order valence-electron chi connectivity index (χ1n) is 7.40. The molecule has 0 aliphatic carbocycles. The molecule has 1 amide bonds. The molecule has 1 fully saturated rings. The van der Waals surface area contributed by atoms with E-state index in [-0.39, 0.29) is 5.91 Å². The summed E-state index contributed by atoms with van der Waals surface area (Å²) in [6.07, 6.45) is 2.08. The Hall–Kier alpha value is -1.85. The number of aromatic nitrogens is 2. The van der Waals surface area contributed by atoms with Gasteiger partial charge in [0.25, 0.3) is 5.91 Å². The number of hydrogen-bond acceptors (Lipinski definition) is 4. The molecular weight excluding hydrogens is 335 g/mol. The highest BCUT2D eigenvalue weighted by atomic mass is 35.5. The van der Waals surface area contributed by atoms with Gasteiger partial charge in [-0.1, -0.05) is 29.3 Å². The highest BCUT2D eigenvalue weighted by Crippen LogP contribution is 2.31. The zero-order valence-corrected chi connectivity index (χ0v) is 14.2. The number of hydrogen-bond donors (Lipinski definition) is 1. The molecule has 0 unspecified atom stereocenters. The van der Waals surface area contributed by atoms with Crippen LogP contribution in [0.15, 0.2) is 24.3 Å². The van der Waals surface area contributed by atoms with E-state index in [2.05, 4.69) is 15.3 Å². The maximum atomic E-state index is 12.5. The Morgan fingerprint density at radius 1 is 1.22 bits per heavy atom. The first kappa shape index (κ1) is 16.0. The Morgan fingerprint density at radius 3 is 2.70 bits per heavy atom. The minimum atomic E-state index is -0.0618. The zero-order chi connectivity index (χ0) is 16.4. The van der Waals surface area contributed by atoms with Gasteiger partial charge in [-0.05, 0) is 31.9 Å². The molecular formula is C16H16Cl2N4O. The lowest BCUT2D eigenvalue weighted by molar-refractivity contribution is 0.0786. The molecule has 0 radical (unpaired) electrons. The van der Waals surface area contributed by atoms with Crippen molar-refractivity contribution >= 4 is 40.6 Å². The first-order chi connectivity index (χ1) is 11.0. The van der Waals surface area contributed by atoms with Crippen molar-refractivity contribution in [3.63, 3.8) is 0 Å². The van der Waals surface area contributed by atoms with Crippen molar-refractivity contribution in [2.45, 2.75) is 19.8 Å². The lowest BCUT2D eigenvalue weighted by Crippen LogP contribution is -2.28. The van der Waals surface area contributed by atoms with E-state index in [1.807, 2.05) is 4.90 Å². The minimum Gasteiger partial charge on any atom is -0.339 e. The zero-order valence-electron chi connectivity index (χ0n) is 12.6. The number of carbonyl (C=O) groups is 1. The largest absolute Gasteiger partial charge is 0.339 e. The van der Waals surface area contributed by atoms with Crippen LogP contribution in [0.25, 0.3) is 0 Å². The highest BCUT2D eigenvalue weighted by Gasteiger charge is 2.21. The van der Waals surface area contributed by atoms with Crippen LogP contribution in [0.2, 0.25) is 10.0 Å². The predicted molar refractivity (Wildman–Crippen MR) is 91.7 cm³/mol. The fourth-order valence-electron chi connectivity index (χ4n) is 2.56. The number of nitrogens with zero attached hydrogens (tertiary/aromatic N) is 3. The summed E-state index contributed by atoms with van der Waals surface area (Å²) in [5.74, 6) is 0.980. The van der Waals surface area contributed by atoms with Gasteiger partial charge in [0.1, 0.15) is 17.3 Å². The average Bonchev–Trinajstić information content (AvgIpc) is 3.05. The molecule has 5 nitrogen and oxygen atoms in total. The molecule has 0 atom stereocenters. The molecule has 3 rings (SSSR count). The fraction of sp³-hybridized carbons (Fsp3) is 0.312. The number of aryl methyl sites for hydroxylation is 1. The van der Waals surface area contributed by atoms with Crippen molar-refractivity contribution in [3.05, 3.63) is 45.8 Å². The van der Waals surface area contributed by atoms with Crippen LogP contribution in [0.3, 0.4) is 0 Å². The van der Waals surface area contributed by atoms with Crippen molar-refractivity contribution in [2.24, 2.45) is 0 Å². The van der Waals surface area contributed by atoms with Gasteiger partial charge in [-0.25, -0.2) is 9.97 Å². The summed E-state index contributed by atoms with van der Waals surface area (Å²) < 4.78 is 0. The molecule has 1 aromatic heterocycles. The SMILES string of the molecule is Cc1nc(Nc2cccc(Cl)c2Cl)cc(C(=O)N2CCCC2)n1. The first-order valence-corrected chi connectivity index (χ1v) is 8.16. The van der Waals surface area contributed by atoms with E-state index in [1.165, 1.54) is 0 Å². The highest BCUT2D eigenvalue weighted by molar-refractivity contribution is 6.43. The van der Waals surface area contributed by atoms with Gasteiger partial charge in [-0.15, -0.1) is 0 Å². The molecule has 0 saturated carbocycles. The Kier molecular flexibility index (Phi) is 4.68. The maximum absolute atomic E-state index is 12.5. The molecule has 0 spiro atoms. The topological polar surface area (TPSA) is 58.1 Å². The molecule has 7 heteroatoms. The van der Waals surface area contributed by atoms with E-state index >= 15 is 0 Å². The van der Waals surface area contributed by atoms with Crippen LogP contribution in [0, 0.1) is 6.92 Å². The second kappa shape index (κ2) is 6.72. The van der Waals surface area contributed by atoms with E-state index < -0.39 is 0 Å². The number of benzene rings is 1. The van der Waals surface area contributed by atoms with Crippen molar-refractivity contribution in [1.29, 1.82) is 0 Å². The summed E-state index contributed by atoms with van der Waals surface area (Å²) in [6.45, 7) is 3.32. The lowest BCUT2D eigenvalue weighted by Gasteiger charge is -2.16. The number of amides is 1. The van der Waals surface area contributed by atoms with Crippen LogP contribution in [0.1, 0.15) is 29.2 Å². The number of nitrogens with one attached hydrogen (secondary N) is 1. The van der Waals surface area contributed by atoms with Crippen molar-refractivity contribution < 1.29 is 4.79 Å². The van der Waals surface area contributed by atoms with Crippen LogP contribution >= 0.6 is 23.2 Å². The molecule has 1 N–H and O–H groups in total. The van der Waals surface area contributed by atoms with Crippen molar-refractivity contribution in [1.82, 2.24) is 14.9 Å². The third-order valence-corrected chi connectivity index (χ3v) is 4.48. The van der Waals surface area contributed by atoms with Crippen LogP contribution in [0.5, 0.6) is 0 Å². The van der Waals surface area contributed by atoms with Crippen molar-refractivity contribution in [2.75, 3.05) is 18.4 Å². The molecule has 1 aromatic carbocycles. The van der Waals surface area contributed by atoms with Gasteiger partial charge < -0.3 is 10.2 Å². The van der Waals surface area contributed by atoms with Crippen molar-refractivity contribution in [3.8, 4) is 0 Å². The average molecular weight is 351 g/mol. The summed E-state index contributed by atoms with van der Waals surface area (Å²) in [7, 11) is 0. The Labute approximate surface area is 144 Å². The molecule has 2 heterocycles. The Balaban J connectivity index is 1.88. The quantitative estimate of drug-likeness (QED) is 0.906. The molecule has 0 bridgehead atoms. The van der Waals surface area contributed by atoms with Gasteiger partial charge >= 0.3 is 0 Å². The van der Waals surface area contributed by atoms with E-state index in [4.69, 9.17) is 23.2 Å². The summed E-state index contributed by atoms with van der Waals surface area (Å²) in [5, 5.41) is 3.97. The van der Waals surface area contributed by atoms with Crippen LogP contribution < -0.4 is 5.32 Å². The number of carbonyl (C=O) groups excluding carboxylic acids is 1. The maximum Gasteiger partial charge on any atom is 0.272 e. The normalized spacial score (nSPS) is 14.1. The summed E-state index contributed by atoms with van der Waals surface area (Å²) >= 11 is 12.2. The standard InChI is InChI=1S/C16H16Cl2N4O/c1-10-19-13(16(23)22-7-2-3-8-22)9-14(20-10)21-12-6-4-5-11(17)15(12)18/h4-6,9H,2-3,7-8H2,1H3,(H,19,20,21). The number of halogens is 2. The minimum absolute atomic E-state index is 0.0618. The molecule has 1 saturated heterocycles. The lowest BCUT2D eigenvalue weighted by atomic mass is 10.3. The van der Waals surface area contributed by atoms with E-state index in [0.29, 0.717) is 33.1 Å². The molecule has 120 valence electrons. The Bertz CT molecular complexity index is 745. The smallest absolute Gasteiger partial charge is 0.272 e. The molecule has 2 aromatic rings. The third-order valence-electron chi connectivity index (χ3n) is 3.66. The molecule has 23 heavy (non-hydrogen) atoms. The second-order valence-electron chi connectivity index (χ2n) is 5.41. The van der Waals surface area contributed by atoms with Crippen LogP contribution in [0.4, 0.5) is 11.5 Å². The van der Waals surface area contributed by atoms with E-state index in [1.54, 1.807) is 31.2 Å². The van der Waals surface area contributed by atoms with Gasteiger partial charge in [0.15, 0.2) is 0 Å². The number of rotatable bonds is 3. The molecule has 1 aliphatic rings. The number of anilines is 2. The monoisotopic (exact) mass is 350 g/mol. The van der Waals surface area contributed by atoms with Crippen LogP contribution in [-0.2, 0) is 0 Å². The Morgan fingerprint density at radius 2 is 1.96 bits per heavy atom. The van der Waals surface area contributed by atoms with Gasteiger partial charge in [-0.2, -0.15) is 0 Å². The van der Waals surface area contributed by atoms with E-state index in [0.717, 1.165) is 25.9 Å². The van der Waals surface area contributed by atoms with Gasteiger partial charge in [0.05, 0.1) is 15.7 Å². The summed E-state index contributed by atoms with van der Waals surface area (Å²) in [4.78, 5) is 22.9.